The SMILES string of the molecule is CCc1ccc(S(N)(=O)=O)cc1C(=O)NC(C)C(C)CC. The van der Waals surface area contributed by atoms with Gasteiger partial charge in [-0.05, 0) is 37.0 Å². The average molecular weight is 312 g/mol. The first kappa shape index (κ1) is 17.7. The van der Waals surface area contributed by atoms with E-state index in [-0.39, 0.29) is 16.8 Å². The van der Waals surface area contributed by atoms with Gasteiger partial charge in [-0.3, -0.25) is 4.79 Å². The van der Waals surface area contributed by atoms with Gasteiger partial charge >= 0.3 is 0 Å². The monoisotopic (exact) mass is 312 g/mol. The molecule has 0 saturated heterocycles. The largest absolute Gasteiger partial charge is 0.349 e. The van der Waals surface area contributed by atoms with Gasteiger partial charge in [-0.25, -0.2) is 13.6 Å². The smallest absolute Gasteiger partial charge is 0.251 e. The molecule has 0 saturated carbocycles. The standard InChI is InChI=1S/C15H24N2O3S/c1-5-10(3)11(4)17-15(18)14-9-13(21(16,19)20)8-7-12(14)6-2/h7-11H,5-6H2,1-4H3,(H,17,18)(H2,16,19,20). The van der Waals surface area contributed by atoms with E-state index in [1.165, 1.54) is 12.1 Å². The molecule has 2 atom stereocenters. The molecule has 21 heavy (non-hydrogen) atoms. The van der Waals surface area contributed by atoms with Gasteiger partial charge in [0.2, 0.25) is 10.0 Å². The fourth-order valence-electron chi connectivity index (χ4n) is 2.03. The number of benzene rings is 1. The number of carbonyl (C=O) groups is 1. The van der Waals surface area contributed by atoms with Gasteiger partial charge in [-0.2, -0.15) is 0 Å². The highest BCUT2D eigenvalue weighted by Gasteiger charge is 2.19. The lowest BCUT2D eigenvalue weighted by atomic mass is 9.99. The van der Waals surface area contributed by atoms with Gasteiger partial charge in [-0.15, -0.1) is 0 Å². The van der Waals surface area contributed by atoms with Crippen molar-refractivity contribution in [2.75, 3.05) is 0 Å². The van der Waals surface area contributed by atoms with Crippen molar-refractivity contribution < 1.29 is 13.2 Å². The van der Waals surface area contributed by atoms with Crippen LogP contribution in [0.3, 0.4) is 0 Å². The second-order valence-electron chi connectivity index (χ2n) is 5.37. The number of primary sulfonamides is 1. The summed E-state index contributed by atoms with van der Waals surface area (Å²) in [7, 11) is -3.81. The lowest BCUT2D eigenvalue weighted by Crippen LogP contribution is -2.37. The van der Waals surface area contributed by atoms with Crippen LogP contribution < -0.4 is 10.5 Å². The number of amides is 1. The van der Waals surface area contributed by atoms with Crippen LogP contribution in [0.25, 0.3) is 0 Å². The summed E-state index contributed by atoms with van der Waals surface area (Å²) in [5.74, 6) is 0.0885. The maximum absolute atomic E-state index is 12.4. The molecule has 0 fully saturated rings. The topological polar surface area (TPSA) is 89.3 Å². The Kier molecular flexibility index (Phi) is 5.92. The van der Waals surface area contributed by atoms with Crippen LogP contribution in [0.4, 0.5) is 0 Å². The van der Waals surface area contributed by atoms with E-state index >= 15 is 0 Å². The molecule has 1 amide bonds. The first-order valence-corrected chi connectivity index (χ1v) is 8.71. The zero-order chi connectivity index (χ0) is 16.2. The molecule has 2 unspecified atom stereocenters. The number of rotatable bonds is 6. The lowest BCUT2D eigenvalue weighted by Gasteiger charge is -2.20. The molecule has 0 heterocycles. The van der Waals surface area contributed by atoms with Gasteiger partial charge < -0.3 is 5.32 Å². The highest BCUT2D eigenvalue weighted by molar-refractivity contribution is 7.89. The maximum Gasteiger partial charge on any atom is 0.251 e. The molecule has 0 aliphatic heterocycles. The highest BCUT2D eigenvalue weighted by Crippen LogP contribution is 2.17. The van der Waals surface area contributed by atoms with E-state index in [0.29, 0.717) is 17.9 Å². The summed E-state index contributed by atoms with van der Waals surface area (Å²) < 4.78 is 22.9. The molecular weight excluding hydrogens is 288 g/mol. The van der Waals surface area contributed by atoms with Crippen LogP contribution >= 0.6 is 0 Å². The third-order valence-corrected chi connectivity index (χ3v) is 4.80. The summed E-state index contributed by atoms with van der Waals surface area (Å²) in [5, 5.41) is 8.05. The summed E-state index contributed by atoms with van der Waals surface area (Å²) in [5.41, 5.74) is 1.18. The van der Waals surface area contributed by atoms with Crippen molar-refractivity contribution in [2.24, 2.45) is 11.1 Å². The minimum absolute atomic E-state index is 0.0188. The summed E-state index contributed by atoms with van der Waals surface area (Å²) in [6, 6.07) is 4.45. The Morgan fingerprint density at radius 3 is 2.38 bits per heavy atom. The van der Waals surface area contributed by atoms with Crippen LogP contribution in [-0.2, 0) is 16.4 Å². The Labute approximate surface area is 127 Å². The van der Waals surface area contributed by atoms with Crippen molar-refractivity contribution in [1.29, 1.82) is 0 Å². The van der Waals surface area contributed by atoms with Gasteiger partial charge in [0.05, 0.1) is 4.90 Å². The Balaban J connectivity index is 3.12. The molecular formula is C15H24N2O3S. The zero-order valence-corrected chi connectivity index (χ0v) is 13.8. The third kappa shape index (κ3) is 4.54. The summed E-state index contributed by atoms with van der Waals surface area (Å²) in [6.07, 6.45) is 1.60. The lowest BCUT2D eigenvalue weighted by molar-refractivity contribution is 0.0927. The van der Waals surface area contributed by atoms with Crippen molar-refractivity contribution in [2.45, 2.75) is 51.5 Å². The number of hydrogen-bond donors (Lipinski definition) is 2. The van der Waals surface area contributed by atoms with E-state index in [0.717, 1.165) is 12.0 Å². The van der Waals surface area contributed by atoms with E-state index in [2.05, 4.69) is 19.2 Å². The van der Waals surface area contributed by atoms with Crippen molar-refractivity contribution in [3.05, 3.63) is 29.3 Å². The summed E-state index contributed by atoms with van der Waals surface area (Å²) in [6.45, 7) is 7.99. The van der Waals surface area contributed by atoms with Gasteiger partial charge in [0, 0.05) is 11.6 Å². The number of hydrogen-bond acceptors (Lipinski definition) is 3. The second kappa shape index (κ2) is 7.04. The molecule has 0 aromatic heterocycles. The fourth-order valence-corrected chi connectivity index (χ4v) is 2.57. The zero-order valence-electron chi connectivity index (χ0n) is 13.0. The second-order valence-corrected chi connectivity index (χ2v) is 6.93. The molecule has 6 heteroatoms. The molecule has 1 aromatic carbocycles. The molecule has 0 spiro atoms. The normalized spacial score (nSPS) is 14.5. The number of aryl methyl sites for hydroxylation is 1. The summed E-state index contributed by atoms with van der Waals surface area (Å²) >= 11 is 0. The van der Waals surface area contributed by atoms with E-state index < -0.39 is 10.0 Å². The Hall–Kier alpha value is -1.40. The van der Waals surface area contributed by atoms with Gasteiger partial charge in [0.25, 0.3) is 5.91 Å². The fraction of sp³-hybridized carbons (Fsp3) is 0.533. The summed E-state index contributed by atoms with van der Waals surface area (Å²) in [4.78, 5) is 12.3. The molecule has 3 N–H and O–H groups in total. The predicted molar refractivity (Wildman–Crippen MR) is 83.6 cm³/mol. The average Bonchev–Trinajstić information content (AvgIpc) is 2.44. The number of nitrogens with one attached hydrogen (secondary N) is 1. The molecule has 0 radical (unpaired) electrons. The van der Waals surface area contributed by atoms with E-state index in [1.807, 2.05) is 13.8 Å². The Morgan fingerprint density at radius 1 is 1.29 bits per heavy atom. The van der Waals surface area contributed by atoms with Gasteiger partial charge in [-0.1, -0.05) is 33.3 Å². The Bertz CT molecular complexity index is 611. The van der Waals surface area contributed by atoms with Crippen LogP contribution in [0.5, 0.6) is 0 Å². The van der Waals surface area contributed by atoms with Crippen LogP contribution in [0.15, 0.2) is 23.1 Å². The van der Waals surface area contributed by atoms with E-state index in [1.54, 1.807) is 6.07 Å². The number of sulfonamides is 1. The maximum atomic E-state index is 12.4. The molecule has 118 valence electrons. The molecule has 0 bridgehead atoms. The van der Waals surface area contributed by atoms with Crippen LogP contribution in [-0.4, -0.2) is 20.4 Å². The van der Waals surface area contributed by atoms with Crippen molar-refractivity contribution >= 4 is 15.9 Å². The Morgan fingerprint density at radius 2 is 1.90 bits per heavy atom. The molecule has 1 aromatic rings. The number of nitrogens with two attached hydrogens (primary N) is 1. The molecule has 5 nitrogen and oxygen atoms in total. The minimum Gasteiger partial charge on any atom is -0.349 e. The number of carbonyl (C=O) groups excluding carboxylic acids is 1. The van der Waals surface area contributed by atoms with E-state index in [4.69, 9.17) is 5.14 Å². The van der Waals surface area contributed by atoms with Gasteiger partial charge in [0.15, 0.2) is 0 Å². The molecule has 0 aliphatic rings. The first-order chi connectivity index (χ1) is 9.70. The highest BCUT2D eigenvalue weighted by atomic mass is 32.2. The molecule has 1 rings (SSSR count). The predicted octanol–water partition coefficient (Wildman–Crippen LogP) is 2.06. The van der Waals surface area contributed by atoms with Crippen molar-refractivity contribution in [3.63, 3.8) is 0 Å². The third-order valence-electron chi connectivity index (χ3n) is 3.89. The minimum atomic E-state index is -3.81. The van der Waals surface area contributed by atoms with Crippen LogP contribution in [0.1, 0.15) is 50.0 Å². The van der Waals surface area contributed by atoms with E-state index in [9.17, 15) is 13.2 Å². The quantitative estimate of drug-likeness (QED) is 0.842. The van der Waals surface area contributed by atoms with Crippen molar-refractivity contribution in [1.82, 2.24) is 5.32 Å². The van der Waals surface area contributed by atoms with Crippen LogP contribution in [0.2, 0.25) is 0 Å². The first-order valence-electron chi connectivity index (χ1n) is 7.17. The van der Waals surface area contributed by atoms with Gasteiger partial charge in [0.1, 0.15) is 0 Å². The van der Waals surface area contributed by atoms with Crippen LogP contribution in [0, 0.1) is 5.92 Å². The van der Waals surface area contributed by atoms with Crippen molar-refractivity contribution in [3.8, 4) is 0 Å². The molecule has 0 aliphatic carbocycles.